The van der Waals surface area contributed by atoms with E-state index in [1.165, 1.54) is 0 Å². The van der Waals surface area contributed by atoms with E-state index in [9.17, 15) is 9.59 Å². The first-order valence-corrected chi connectivity index (χ1v) is 9.76. The summed E-state index contributed by atoms with van der Waals surface area (Å²) in [6.07, 6.45) is 6.09. The topological polar surface area (TPSA) is 77.8 Å². The number of carbonyl (C=O) groups excluding carboxylic acids is 2. The Morgan fingerprint density at radius 1 is 1.10 bits per heavy atom. The number of furan rings is 1. The second-order valence-electron chi connectivity index (χ2n) is 7.69. The van der Waals surface area contributed by atoms with Crippen molar-refractivity contribution in [3.8, 4) is 5.75 Å². The van der Waals surface area contributed by atoms with Gasteiger partial charge in [0.05, 0.1) is 18.7 Å². The molecule has 29 heavy (non-hydrogen) atoms. The van der Waals surface area contributed by atoms with Crippen LogP contribution < -0.4 is 10.1 Å². The highest BCUT2D eigenvalue weighted by atomic mass is 16.5. The van der Waals surface area contributed by atoms with Crippen LogP contribution in [0.2, 0.25) is 0 Å². The lowest BCUT2D eigenvalue weighted by molar-refractivity contribution is -0.152. The molecule has 6 heteroatoms. The van der Waals surface area contributed by atoms with E-state index in [2.05, 4.69) is 17.5 Å². The highest BCUT2D eigenvalue weighted by Gasteiger charge is 2.40. The molecule has 0 aliphatic heterocycles. The van der Waals surface area contributed by atoms with E-state index in [0.29, 0.717) is 22.9 Å². The zero-order chi connectivity index (χ0) is 20.0. The Bertz CT molecular complexity index is 1140. The van der Waals surface area contributed by atoms with Crippen molar-refractivity contribution < 1.29 is 23.5 Å². The molecule has 3 atom stereocenters. The van der Waals surface area contributed by atoms with E-state index >= 15 is 0 Å². The van der Waals surface area contributed by atoms with Crippen molar-refractivity contribution in [1.82, 2.24) is 0 Å². The molecule has 1 aromatic heterocycles. The van der Waals surface area contributed by atoms with Crippen LogP contribution in [0.5, 0.6) is 5.75 Å². The molecule has 2 aliphatic carbocycles. The Balaban J connectivity index is 1.30. The summed E-state index contributed by atoms with van der Waals surface area (Å²) < 4.78 is 16.6. The zero-order valence-corrected chi connectivity index (χ0v) is 16.0. The van der Waals surface area contributed by atoms with Crippen LogP contribution in [0, 0.1) is 17.8 Å². The van der Waals surface area contributed by atoms with Gasteiger partial charge in [-0.1, -0.05) is 30.4 Å². The number of fused-ring (bicyclic) bond motifs is 5. The minimum absolute atomic E-state index is 0.126. The number of nitrogens with one attached hydrogen (secondary N) is 1. The third-order valence-corrected chi connectivity index (χ3v) is 5.90. The smallest absolute Gasteiger partial charge is 0.310 e. The van der Waals surface area contributed by atoms with Gasteiger partial charge < -0.3 is 19.2 Å². The van der Waals surface area contributed by atoms with Crippen molar-refractivity contribution in [2.45, 2.75) is 12.8 Å². The van der Waals surface area contributed by atoms with Crippen molar-refractivity contribution >= 4 is 39.5 Å². The molecule has 2 aromatic carbocycles. The van der Waals surface area contributed by atoms with E-state index in [-0.39, 0.29) is 24.4 Å². The summed E-state index contributed by atoms with van der Waals surface area (Å²) in [5.41, 5.74) is 1.89. The molecule has 148 valence electrons. The van der Waals surface area contributed by atoms with Crippen molar-refractivity contribution in [1.29, 1.82) is 0 Å². The van der Waals surface area contributed by atoms with Crippen LogP contribution in [0.1, 0.15) is 12.8 Å². The molecule has 2 bridgehead atoms. The highest BCUT2D eigenvalue weighted by Crippen LogP contribution is 2.44. The maximum Gasteiger partial charge on any atom is 0.310 e. The molecule has 1 N–H and O–H groups in total. The number of amides is 1. The first-order chi connectivity index (χ1) is 14.1. The Morgan fingerprint density at radius 2 is 1.97 bits per heavy atom. The van der Waals surface area contributed by atoms with Crippen LogP contribution in [0.25, 0.3) is 21.9 Å². The summed E-state index contributed by atoms with van der Waals surface area (Å²) in [6, 6.07) is 11.3. The minimum Gasteiger partial charge on any atom is -0.495 e. The quantitative estimate of drug-likeness (QED) is 0.519. The molecule has 0 spiro atoms. The maximum atomic E-state index is 12.4. The Hall–Kier alpha value is -3.28. The predicted molar refractivity (Wildman–Crippen MR) is 109 cm³/mol. The molecule has 1 heterocycles. The normalized spacial score (nSPS) is 22.3. The van der Waals surface area contributed by atoms with Crippen LogP contribution >= 0.6 is 0 Å². The molecular formula is C23H21NO5. The number of allylic oxidation sites excluding steroid dienone is 2. The van der Waals surface area contributed by atoms with E-state index in [1.807, 2.05) is 30.3 Å². The van der Waals surface area contributed by atoms with Gasteiger partial charge in [0.1, 0.15) is 16.9 Å². The first kappa shape index (κ1) is 17.8. The van der Waals surface area contributed by atoms with Gasteiger partial charge in [0, 0.05) is 16.8 Å². The fourth-order valence-corrected chi connectivity index (χ4v) is 4.50. The Kier molecular flexibility index (Phi) is 4.27. The standard InChI is InChI=1S/C23H21NO5/c1-27-21-10-17-15-4-2-3-5-19(15)29-20(17)11-18(21)24-22(25)12-28-23(26)16-9-13-6-7-14(16)8-13/h2-7,10-11,13-14,16H,8-9,12H2,1H3,(H,24,25). The lowest BCUT2D eigenvalue weighted by Gasteiger charge is -2.16. The number of esters is 1. The lowest BCUT2D eigenvalue weighted by atomic mass is 9.94. The van der Waals surface area contributed by atoms with Crippen molar-refractivity contribution in [3.05, 3.63) is 48.6 Å². The average Bonchev–Trinajstić information content (AvgIpc) is 3.45. The van der Waals surface area contributed by atoms with Crippen LogP contribution in [0.4, 0.5) is 5.69 Å². The molecule has 0 saturated heterocycles. The number of benzene rings is 2. The first-order valence-electron chi connectivity index (χ1n) is 9.76. The van der Waals surface area contributed by atoms with Gasteiger partial charge in [0.15, 0.2) is 6.61 Å². The minimum atomic E-state index is -0.411. The van der Waals surface area contributed by atoms with E-state index in [1.54, 1.807) is 13.2 Å². The molecule has 6 nitrogen and oxygen atoms in total. The van der Waals surface area contributed by atoms with Gasteiger partial charge in [-0.15, -0.1) is 0 Å². The lowest BCUT2D eigenvalue weighted by Crippen LogP contribution is -2.26. The monoisotopic (exact) mass is 391 g/mol. The SMILES string of the molecule is COc1cc2c(cc1NC(=O)COC(=O)C1CC3C=CC1C3)oc1ccccc12. The molecule has 5 rings (SSSR count). The Labute approximate surface area is 167 Å². The molecule has 2 aliphatic rings. The van der Waals surface area contributed by atoms with Gasteiger partial charge in [-0.05, 0) is 36.8 Å². The predicted octanol–water partition coefficient (Wildman–Crippen LogP) is 4.29. The zero-order valence-electron chi connectivity index (χ0n) is 16.0. The summed E-state index contributed by atoms with van der Waals surface area (Å²) in [6.45, 7) is -0.322. The summed E-state index contributed by atoms with van der Waals surface area (Å²) in [7, 11) is 1.54. The summed E-state index contributed by atoms with van der Waals surface area (Å²) in [5, 5.41) is 4.65. The van der Waals surface area contributed by atoms with Crippen LogP contribution in [0.3, 0.4) is 0 Å². The highest BCUT2D eigenvalue weighted by molar-refractivity contribution is 6.07. The van der Waals surface area contributed by atoms with Crippen LogP contribution in [-0.2, 0) is 14.3 Å². The maximum absolute atomic E-state index is 12.4. The van der Waals surface area contributed by atoms with Crippen molar-refractivity contribution in [2.75, 3.05) is 19.0 Å². The van der Waals surface area contributed by atoms with Crippen molar-refractivity contribution in [3.63, 3.8) is 0 Å². The molecule has 1 amide bonds. The summed E-state index contributed by atoms with van der Waals surface area (Å²) in [5.74, 6) is 0.418. The number of rotatable bonds is 5. The number of carbonyl (C=O) groups is 2. The number of methoxy groups -OCH3 is 1. The summed E-state index contributed by atoms with van der Waals surface area (Å²) in [4.78, 5) is 24.7. The second-order valence-corrected chi connectivity index (χ2v) is 7.69. The number of ether oxygens (including phenoxy) is 2. The number of anilines is 1. The molecular weight excluding hydrogens is 370 g/mol. The van der Waals surface area contributed by atoms with Gasteiger partial charge in [0.25, 0.3) is 5.91 Å². The fourth-order valence-electron chi connectivity index (χ4n) is 4.50. The second kappa shape index (κ2) is 6.95. The number of hydrogen-bond donors (Lipinski definition) is 1. The molecule has 3 aromatic rings. The van der Waals surface area contributed by atoms with Gasteiger partial charge in [0.2, 0.25) is 0 Å². The largest absolute Gasteiger partial charge is 0.495 e. The van der Waals surface area contributed by atoms with Crippen LogP contribution in [0.15, 0.2) is 53.0 Å². The molecule has 3 unspecified atom stereocenters. The van der Waals surface area contributed by atoms with Gasteiger partial charge in [-0.2, -0.15) is 0 Å². The fraction of sp³-hybridized carbons (Fsp3) is 0.304. The third-order valence-electron chi connectivity index (χ3n) is 5.90. The number of para-hydroxylation sites is 1. The molecule has 0 radical (unpaired) electrons. The third kappa shape index (κ3) is 3.14. The molecule has 1 fully saturated rings. The van der Waals surface area contributed by atoms with E-state index in [0.717, 1.165) is 29.2 Å². The van der Waals surface area contributed by atoms with Gasteiger partial charge in [-0.25, -0.2) is 0 Å². The summed E-state index contributed by atoms with van der Waals surface area (Å²) >= 11 is 0. The van der Waals surface area contributed by atoms with E-state index < -0.39 is 5.91 Å². The van der Waals surface area contributed by atoms with Gasteiger partial charge >= 0.3 is 5.97 Å². The Morgan fingerprint density at radius 3 is 2.72 bits per heavy atom. The van der Waals surface area contributed by atoms with Crippen LogP contribution in [-0.4, -0.2) is 25.6 Å². The van der Waals surface area contributed by atoms with E-state index in [4.69, 9.17) is 13.9 Å². The number of hydrogen-bond acceptors (Lipinski definition) is 5. The molecule has 1 saturated carbocycles. The average molecular weight is 391 g/mol. The van der Waals surface area contributed by atoms with Crippen molar-refractivity contribution in [2.24, 2.45) is 17.8 Å². The van der Waals surface area contributed by atoms with Gasteiger partial charge in [-0.3, -0.25) is 9.59 Å².